The summed E-state index contributed by atoms with van der Waals surface area (Å²) in [6.07, 6.45) is 6.78. The van der Waals surface area contributed by atoms with Crippen LogP contribution in [-0.2, 0) is 6.42 Å². The first kappa shape index (κ1) is 16.7. The van der Waals surface area contributed by atoms with E-state index in [0.29, 0.717) is 12.0 Å². The van der Waals surface area contributed by atoms with Crippen LogP contribution in [0.5, 0.6) is 0 Å². The first-order chi connectivity index (χ1) is 10.0. The maximum atomic E-state index is 14.2. The van der Waals surface area contributed by atoms with Gasteiger partial charge in [0.25, 0.3) is 0 Å². The lowest BCUT2D eigenvalue weighted by molar-refractivity contribution is 0.0595. The van der Waals surface area contributed by atoms with Gasteiger partial charge < -0.3 is 10.2 Å². The summed E-state index contributed by atoms with van der Waals surface area (Å²) in [5.74, 6) is -0.274. The van der Waals surface area contributed by atoms with E-state index in [1.807, 2.05) is 19.2 Å². The highest BCUT2D eigenvalue weighted by Crippen LogP contribution is 2.36. The molecule has 1 atom stereocenters. The number of hydrogen-bond donors (Lipinski definition) is 1. The molecule has 1 fully saturated rings. The molecular formula is C17H26ClFN2. The average Bonchev–Trinajstić information content (AvgIpc) is 2.49. The second kappa shape index (κ2) is 7.08. The van der Waals surface area contributed by atoms with Crippen molar-refractivity contribution in [3.05, 3.63) is 34.6 Å². The smallest absolute Gasteiger partial charge is 0.145 e. The Hall–Kier alpha value is -0.640. The fourth-order valence-electron chi connectivity index (χ4n) is 3.76. The van der Waals surface area contributed by atoms with E-state index in [2.05, 4.69) is 24.3 Å². The lowest BCUT2D eigenvalue weighted by Gasteiger charge is -2.48. The van der Waals surface area contributed by atoms with E-state index in [0.717, 1.165) is 12.8 Å². The zero-order valence-corrected chi connectivity index (χ0v) is 14.0. The van der Waals surface area contributed by atoms with Crippen molar-refractivity contribution >= 4 is 11.6 Å². The van der Waals surface area contributed by atoms with Crippen LogP contribution >= 0.6 is 11.6 Å². The molecular weight excluding hydrogens is 287 g/mol. The molecule has 21 heavy (non-hydrogen) atoms. The molecule has 0 heterocycles. The van der Waals surface area contributed by atoms with Gasteiger partial charge in [-0.1, -0.05) is 43.0 Å². The molecule has 0 saturated heterocycles. The largest absolute Gasteiger partial charge is 0.315 e. The normalized spacial score (nSPS) is 19.7. The number of hydrogen-bond acceptors (Lipinski definition) is 2. The minimum atomic E-state index is -0.274. The number of benzene rings is 1. The van der Waals surface area contributed by atoms with E-state index in [1.54, 1.807) is 6.07 Å². The first-order valence-electron chi connectivity index (χ1n) is 7.79. The molecule has 1 aliphatic rings. The molecule has 118 valence electrons. The highest BCUT2D eigenvalue weighted by molar-refractivity contribution is 6.30. The summed E-state index contributed by atoms with van der Waals surface area (Å²) < 4.78 is 14.2. The predicted octanol–water partition coefficient (Wildman–Crippen LogP) is 3.87. The SMILES string of the molecule is CNC(Cc1cccc(Cl)c1F)C1(N(C)C)CCCCC1. The van der Waals surface area contributed by atoms with Gasteiger partial charge in [-0.2, -0.15) is 0 Å². The summed E-state index contributed by atoms with van der Waals surface area (Å²) in [5.41, 5.74) is 0.801. The Balaban J connectivity index is 2.27. The third-order valence-electron chi connectivity index (χ3n) is 5.06. The first-order valence-corrected chi connectivity index (χ1v) is 8.16. The van der Waals surface area contributed by atoms with Gasteiger partial charge >= 0.3 is 0 Å². The number of halogens is 2. The van der Waals surface area contributed by atoms with Crippen LogP contribution in [0.4, 0.5) is 4.39 Å². The highest BCUT2D eigenvalue weighted by atomic mass is 35.5. The van der Waals surface area contributed by atoms with Crippen LogP contribution in [0.25, 0.3) is 0 Å². The van der Waals surface area contributed by atoms with Crippen molar-refractivity contribution in [3.63, 3.8) is 0 Å². The van der Waals surface area contributed by atoms with E-state index >= 15 is 0 Å². The summed E-state index contributed by atoms with van der Waals surface area (Å²) in [7, 11) is 6.26. The molecule has 2 nitrogen and oxygen atoms in total. The molecule has 4 heteroatoms. The van der Waals surface area contributed by atoms with Crippen LogP contribution in [0.1, 0.15) is 37.7 Å². The van der Waals surface area contributed by atoms with Crippen molar-refractivity contribution in [1.29, 1.82) is 0 Å². The third-order valence-corrected chi connectivity index (χ3v) is 5.35. The van der Waals surface area contributed by atoms with Gasteiger partial charge in [0, 0.05) is 11.6 Å². The summed E-state index contributed by atoms with van der Waals surface area (Å²) >= 11 is 5.92. The molecule has 1 aliphatic carbocycles. The van der Waals surface area contributed by atoms with Crippen molar-refractivity contribution in [2.75, 3.05) is 21.1 Å². The van der Waals surface area contributed by atoms with Crippen LogP contribution in [0, 0.1) is 5.82 Å². The van der Waals surface area contributed by atoms with Crippen LogP contribution in [0.3, 0.4) is 0 Å². The Kier molecular flexibility index (Phi) is 5.64. The van der Waals surface area contributed by atoms with Gasteiger partial charge in [-0.25, -0.2) is 4.39 Å². The topological polar surface area (TPSA) is 15.3 Å². The number of likely N-dealkylation sites (N-methyl/N-ethyl adjacent to an activating group) is 2. The summed E-state index contributed by atoms with van der Waals surface area (Å²) in [6, 6.07) is 5.51. The Bertz CT molecular complexity index is 470. The van der Waals surface area contributed by atoms with E-state index < -0.39 is 0 Å². The maximum Gasteiger partial charge on any atom is 0.145 e. The molecule has 0 spiro atoms. The Morgan fingerprint density at radius 3 is 2.52 bits per heavy atom. The number of nitrogens with zero attached hydrogens (tertiary/aromatic N) is 1. The monoisotopic (exact) mass is 312 g/mol. The van der Waals surface area contributed by atoms with Crippen molar-refractivity contribution in [1.82, 2.24) is 10.2 Å². The standard InChI is InChI=1S/C17H26ClFN2/c1-20-15(12-13-8-7-9-14(18)16(13)19)17(21(2)3)10-5-4-6-11-17/h7-9,15,20H,4-6,10-12H2,1-3H3. The molecule has 1 aromatic rings. The molecule has 1 N–H and O–H groups in total. The molecule has 0 bridgehead atoms. The zero-order chi connectivity index (χ0) is 15.5. The average molecular weight is 313 g/mol. The Morgan fingerprint density at radius 1 is 1.29 bits per heavy atom. The van der Waals surface area contributed by atoms with Gasteiger partial charge in [-0.3, -0.25) is 0 Å². The molecule has 1 unspecified atom stereocenters. The van der Waals surface area contributed by atoms with Crippen molar-refractivity contribution in [3.8, 4) is 0 Å². The zero-order valence-electron chi connectivity index (χ0n) is 13.3. The number of rotatable bonds is 5. The fraction of sp³-hybridized carbons (Fsp3) is 0.647. The lowest BCUT2D eigenvalue weighted by atomic mass is 9.73. The Morgan fingerprint density at radius 2 is 1.95 bits per heavy atom. The van der Waals surface area contributed by atoms with Gasteiger partial charge in [0.15, 0.2) is 0 Å². The molecule has 0 radical (unpaired) electrons. The van der Waals surface area contributed by atoms with Crippen molar-refractivity contribution in [2.24, 2.45) is 0 Å². The molecule has 2 rings (SSSR count). The fourth-order valence-corrected chi connectivity index (χ4v) is 3.95. The second-order valence-corrected chi connectivity index (χ2v) is 6.72. The minimum absolute atomic E-state index is 0.0990. The van der Waals surface area contributed by atoms with E-state index in [4.69, 9.17) is 11.6 Å². The summed E-state index contributed by atoms with van der Waals surface area (Å²) in [5, 5.41) is 3.65. The van der Waals surface area contributed by atoms with Gasteiger partial charge in [0.1, 0.15) is 5.82 Å². The molecule has 0 aliphatic heterocycles. The van der Waals surface area contributed by atoms with Crippen molar-refractivity contribution in [2.45, 2.75) is 50.1 Å². The highest BCUT2D eigenvalue weighted by Gasteiger charge is 2.41. The predicted molar refractivity (Wildman–Crippen MR) is 87.5 cm³/mol. The molecule has 1 aromatic carbocycles. The molecule has 0 amide bonds. The van der Waals surface area contributed by atoms with Crippen LogP contribution in [-0.4, -0.2) is 37.6 Å². The van der Waals surface area contributed by atoms with Gasteiger partial charge in [-0.05, 0) is 52.0 Å². The Labute approximate surface area is 132 Å². The van der Waals surface area contributed by atoms with E-state index in [1.165, 1.54) is 19.3 Å². The van der Waals surface area contributed by atoms with Crippen LogP contribution in [0.2, 0.25) is 5.02 Å². The van der Waals surface area contributed by atoms with Gasteiger partial charge in [-0.15, -0.1) is 0 Å². The maximum absolute atomic E-state index is 14.2. The second-order valence-electron chi connectivity index (χ2n) is 6.32. The third kappa shape index (κ3) is 3.41. The quantitative estimate of drug-likeness (QED) is 0.888. The summed E-state index contributed by atoms with van der Waals surface area (Å²) in [4.78, 5) is 2.33. The van der Waals surface area contributed by atoms with Crippen LogP contribution in [0.15, 0.2) is 18.2 Å². The molecule has 1 saturated carbocycles. The minimum Gasteiger partial charge on any atom is -0.315 e. The van der Waals surface area contributed by atoms with E-state index in [9.17, 15) is 4.39 Å². The number of nitrogens with one attached hydrogen (secondary N) is 1. The van der Waals surface area contributed by atoms with Crippen molar-refractivity contribution < 1.29 is 4.39 Å². The lowest BCUT2D eigenvalue weighted by Crippen LogP contribution is -2.60. The van der Waals surface area contributed by atoms with Gasteiger partial charge in [0.05, 0.1) is 5.02 Å². The van der Waals surface area contributed by atoms with Crippen LogP contribution < -0.4 is 5.32 Å². The van der Waals surface area contributed by atoms with E-state index in [-0.39, 0.29) is 22.4 Å². The molecule has 0 aromatic heterocycles. The van der Waals surface area contributed by atoms with Gasteiger partial charge in [0.2, 0.25) is 0 Å². The summed E-state index contributed by atoms with van der Waals surface area (Å²) in [6.45, 7) is 0.